The van der Waals surface area contributed by atoms with Crippen LogP contribution in [-0.2, 0) is 4.74 Å². The maximum absolute atomic E-state index is 12.2. The van der Waals surface area contributed by atoms with E-state index in [1.165, 1.54) is 17.1 Å². The van der Waals surface area contributed by atoms with Crippen molar-refractivity contribution in [3.63, 3.8) is 0 Å². The summed E-state index contributed by atoms with van der Waals surface area (Å²) in [6.45, 7) is 6.70. The zero-order chi connectivity index (χ0) is 15.6. The van der Waals surface area contributed by atoms with E-state index in [-0.39, 0.29) is 5.69 Å². The van der Waals surface area contributed by atoms with Gasteiger partial charge in [-0.1, -0.05) is 0 Å². The molecule has 1 aromatic carbocycles. The predicted octanol–water partition coefficient (Wildman–Crippen LogP) is 2.96. The molecule has 0 N–H and O–H groups in total. The SMILES string of the molecule is CC(C)(C)OC(=O)N1CCCN1c1ccc([N+](=O)[O-])cc1. The highest BCUT2D eigenvalue weighted by atomic mass is 16.6. The summed E-state index contributed by atoms with van der Waals surface area (Å²) in [5.74, 6) is 0. The van der Waals surface area contributed by atoms with E-state index in [1.807, 2.05) is 20.8 Å². The Kier molecular flexibility index (Phi) is 4.02. The van der Waals surface area contributed by atoms with E-state index in [1.54, 1.807) is 17.1 Å². The molecule has 0 aromatic heterocycles. The lowest BCUT2D eigenvalue weighted by Crippen LogP contribution is -2.44. The topological polar surface area (TPSA) is 75.9 Å². The Bertz CT molecular complexity index is 536. The number of hydrogen-bond donors (Lipinski definition) is 0. The molecule has 0 atom stereocenters. The van der Waals surface area contributed by atoms with Crippen LogP contribution < -0.4 is 5.01 Å². The molecule has 114 valence electrons. The van der Waals surface area contributed by atoms with E-state index < -0.39 is 16.6 Å². The number of rotatable bonds is 2. The van der Waals surface area contributed by atoms with Gasteiger partial charge in [0.25, 0.3) is 5.69 Å². The van der Waals surface area contributed by atoms with Gasteiger partial charge in [-0.2, -0.15) is 0 Å². The average molecular weight is 293 g/mol. The zero-order valence-electron chi connectivity index (χ0n) is 12.4. The molecular formula is C14H19N3O4. The summed E-state index contributed by atoms with van der Waals surface area (Å²) in [6.07, 6.45) is 0.425. The number of carbonyl (C=O) groups excluding carboxylic acids is 1. The van der Waals surface area contributed by atoms with Crippen LogP contribution in [0.3, 0.4) is 0 Å². The van der Waals surface area contributed by atoms with Gasteiger partial charge in [0.1, 0.15) is 5.60 Å². The van der Waals surface area contributed by atoms with Crippen molar-refractivity contribution in [2.75, 3.05) is 18.1 Å². The van der Waals surface area contributed by atoms with E-state index >= 15 is 0 Å². The van der Waals surface area contributed by atoms with Crippen LogP contribution in [0, 0.1) is 10.1 Å². The number of anilines is 1. The van der Waals surface area contributed by atoms with Gasteiger partial charge in [0.15, 0.2) is 0 Å². The molecule has 0 saturated carbocycles. The van der Waals surface area contributed by atoms with Crippen LogP contribution >= 0.6 is 0 Å². The number of hydrogen-bond acceptors (Lipinski definition) is 5. The molecule has 0 unspecified atom stereocenters. The molecule has 7 heteroatoms. The fourth-order valence-corrected chi connectivity index (χ4v) is 2.13. The third-order valence-corrected chi connectivity index (χ3v) is 2.99. The second kappa shape index (κ2) is 5.59. The predicted molar refractivity (Wildman–Crippen MR) is 78.0 cm³/mol. The summed E-state index contributed by atoms with van der Waals surface area (Å²) in [5.41, 5.74) is 0.214. The lowest BCUT2D eigenvalue weighted by molar-refractivity contribution is -0.384. The molecule has 1 aliphatic heterocycles. The Balaban J connectivity index is 2.14. The molecular weight excluding hydrogens is 274 g/mol. The van der Waals surface area contributed by atoms with Crippen LogP contribution in [-0.4, -0.2) is 34.7 Å². The fourth-order valence-electron chi connectivity index (χ4n) is 2.13. The molecule has 1 saturated heterocycles. The first-order valence-electron chi connectivity index (χ1n) is 6.80. The van der Waals surface area contributed by atoms with E-state index in [0.29, 0.717) is 13.1 Å². The molecule has 1 aromatic rings. The molecule has 7 nitrogen and oxygen atoms in total. The smallest absolute Gasteiger partial charge is 0.429 e. The number of benzene rings is 1. The standard InChI is InChI=1S/C14H19N3O4/c1-14(2,3)21-13(18)16-10-4-9-15(16)11-5-7-12(8-6-11)17(19)20/h5-8H,4,9-10H2,1-3H3. The average Bonchev–Trinajstić information content (AvgIpc) is 2.86. The number of nitro benzene ring substituents is 1. The van der Waals surface area contributed by atoms with Crippen molar-refractivity contribution in [1.82, 2.24) is 5.01 Å². The number of carbonyl (C=O) groups is 1. The van der Waals surface area contributed by atoms with Crippen molar-refractivity contribution in [1.29, 1.82) is 0 Å². The first-order chi connectivity index (χ1) is 9.78. The van der Waals surface area contributed by atoms with Crippen molar-refractivity contribution < 1.29 is 14.5 Å². The van der Waals surface area contributed by atoms with Crippen molar-refractivity contribution in [2.45, 2.75) is 32.8 Å². The highest BCUT2D eigenvalue weighted by Crippen LogP contribution is 2.25. The maximum atomic E-state index is 12.2. The second-order valence-electron chi connectivity index (χ2n) is 5.85. The van der Waals surface area contributed by atoms with E-state index in [9.17, 15) is 14.9 Å². The third-order valence-electron chi connectivity index (χ3n) is 2.99. The van der Waals surface area contributed by atoms with Crippen molar-refractivity contribution >= 4 is 17.5 Å². The van der Waals surface area contributed by atoms with Gasteiger partial charge >= 0.3 is 6.09 Å². The molecule has 1 heterocycles. The van der Waals surface area contributed by atoms with Gasteiger partial charge in [-0.15, -0.1) is 0 Å². The van der Waals surface area contributed by atoms with Crippen LogP contribution in [0.15, 0.2) is 24.3 Å². The molecule has 0 aliphatic carbocycles. The number of hydrazine groups is 1. The van der Waals surface area contributed by atoms with E-state index in [2.05, 4.69) is 0 Å². The van der Waals surface area contributed by atoms with Gasteiger partial charge in [-0.05, 0) is 39.3 Å². The lowest BCUT2D eigenvalue weighted by atomic mass is 10.2. The number of non-ortho nitro benzene ring substituents is 1. The number of ether oxygens (including phenoxy) is 1. The summed E-state index contributed by atoms with van der Waals surface area (Å²) in [7, 11) is 0. The lowest BCUT2D eigenvalue weighted by Gasteiger charge is -2.31. The summed E-state index contributed by atoms with van der Waals surface area (Å²) >= 11 is 0. The van der Waals surface area contributed by atoms with Crippen LogP contribution in [0.4, 0.5) is 16.2 Å². The summed E-state index contributed by atoms with van der Waals surface area (Å²) in [6, 6.07) is 6.14. The summed E-state index contributed by atoms with van der Waals surface area (Å²) in [5, 5.41) is 14.0. The molecule has 0 radical (unpaired) electrons. The van der Waals surface area contributed by atoms with Gasteiger partial charge in [0, 0.05) is 25.2 Å². The van der Waals surface area contributed by atoms with Crippen LogP contribution in [0.5, 0.6) is 0 Å². The Hall–Kier alpha value is -2.31. The first-order valence-corrected chi connectivity index (χ1v) is 6.80. The summed E-state index contributed by atoms with van der Waals surface area (Å²) < 4.78 is 5.37. The minimum absolute atomic E-state index is 0.0294. The van der Waals surface area contributed by atoms with E-state index in [4.69, 9.17) is 4.74 Å². The Morgan fingerprint density at radius 1 is 1.24 bits per heavy atom. The monoisotopic (exact) mass is 293 g/mol. The number of amides is 1. The van der Waals surface area contributed by atoms with Crippen LogP contribution in [0.25, 0.3) is 0 Å². The van der Waals surface area contributed by atoms with Gasteiger partial charge in [-0.25, -0.2) is 9.80 Å². The molecule has 2 rings (SSSR count). The van der Waals surface area contributed by atoms with Gasteiger partial charge < -0.3 is 4.74 Å². The number of nitrogens with zero attached hydrogens (tertiary/aromatic N) is 3. The Morgan fingerprint density at radius 2 is 1.86 bits per heavy atom. The third kappa shape index (κ3) is 3.62. The van der Waals surface area contributed by atoms with Gasteiger partial charge in [0.05, 0.1) is 10.6 Å². The largest absolute Gasteiger partial charge is 0.442 e. The van der Waals surface area contributed by atoms with Crippen LogP contribution in [0.2, 0.25) is 0 Å². The first kappa shape index (κ1) is 15.1. The minimum atomic E-state index is -0.555. The maximum Gasteiger partial charge on any atom is 0.429 e. The zero-order valence-corrected chi connectivity index (χ0v) is 12.4. The van der Waals surface area contributed by atoms with Crippen LogP contribution in [0.1, 0.15) is 27.2 Å². The number of nitro groups is 1. The molecule has 21 heavy (non-hydrogen) atoms. The fraction of sp³-hybridized carbons (Fsp3) is 0.500. The molecule has 1 aliphatic rings. The highest BCUT2D eigenvalue weighted by Gasteiger charge is 2.31. The van der Waals surface area contributed by atoms with Gasteiger partial charge in [0.2, 0.25) is 0 Å². The van der Waals surface area contributed by atoms with E-state index in [0.717, 1.165) is 12.1 Å². The van der Waals surface area contributed by atoms with Crippen molar-refractivity contribution in [3.8, 4) is 0 Å². The second-order valence-corrected chi connectivity index (χ2v) is 5.85. The summed E-state index contributed by atoms with van der Waals surface area (Å²) in [4.78, 5) is 22.4. The molecule has 1 fully saturated rings. The van der Waals surface area contributed by atoms with Crippen molar-refractivity contribution in [2.24, 2.45) is 0 Å². The highest BCUT2D eigenvalue weighted by molar-refractivity contribution is 5.71. The Labute approximate surface area is 123 Å². The van der Waals surface area contributed by atoms with Crippen molar-refractivity contribution in [3.05, 3.63) is 34.4 Å². The normalized spacial score (nSPS) is 15.2. The molecule has 0 bridgehead atoms. The quantitative estimate of drug-likeness (QED) is 0.619. The van der Waals surface area contributed by atoms with Gasteiger partial charge in [-0.3, -0.25) is 15.1 Å². The Morgan fingerprint density at radius 3 is 2.38 bits per heavy atom. The molecule has 0 spiro atoms. The molecule has 1 amide bonds. The minimum Gasteiger partial charge on any atom is -0.442 e.